The largest absolute Gasteiger partial charge is 0.478 e. The molecule has 1 heterocycles. The number of aromatic amines is 1. The van der Waals surface area contributed by atoms with Crippen LogP contribution in [0, 0.1) is 0 Å². The summed E-state index contributed by atoms with van der Waals surface area (Å²) >= 11 is 0. The lowest BCUT2D eigenvalue weighted by atomic mass is 9.97. The molecule has 0 saturated heterocycles. The lowest BCUT2D eigenvalue weighted by molar-refractivity contribution is 0.0695. The molecule has 0 radical (unpaired) electrons. The Labute approximate surface area is 179 Å². The number of nitrogens with zero attached hydrogens (tertiary/aromatic N) is 1. The van der Waals surface area contributed by atoms with Crippen LogP contribution >= 0.6 is 0 Å². The molecule has 3 N–H and O–H groups in total. The number of benzene rings is 3. The second-order valence-electron chi connectivity index (χ2n) is 7.49. The maximum Gasteiger partial charge on any atom is 0.336 e. The molecular weight excluding hydrogens is 414 g/mol. The van der Waals surface area contributed by atoms with Crippen molar-refractivity contribution < 1.29 is 18.3 Å². The van der Waals surface area contributed by atoms with Crippen LogP contribution in [0.2, 0.25) is 0 Å². The Hall–Kier alpha value is -3.65. The van der Waals surface area contributed by atoms with Crippen LogP contribution in [0.5, 0.6) is 0 Å². The summed E-state index contributed by atoms with van der Waals surface area (Å²) in [5.41, 5.74) is 3.51. The van der Waals surface area contributed by atoms with Gasteiger partial charge < -0.3 is 10.1 Å². The zero-order valence-corrected chi connectivity index (χ0v) is 17.8. The Morgan fingerprint density at radius 2 is 1.74 bits per heavy atom. The average Bonchev–Trinajstić information content (AvgIpc) is 3.17. The molecule has 0 aliphatic rings. The molecule has 3 aromatic carbocycles. The fourth-order valence-electron chi connectivity index (χ4n) is 3.39. The van der Waals surface area contributed by atoms with Crippen molar-refractivity contribution in [2.45, 2.75) is 24.7 Å². The summed E-state index contributed by atoms with van der Waals surface area (Å²) in [4.78, 5) is 19.2. The van der Waals surface area contributed by atoms with Gasteiger partial charge in [-0.3, -0.25) is 4.72 Å². The van der Waals surface area contributed by atoms with Crippen LogP contribution in [0.1, 0.15) is 35.7 Å². The number of aromatic nitrogens is 2. The third kappa shape index (κ3) is 4.15. The van der Waals surface area contributed by atoms with Crippen LogP contribution in [0.4, 0.5) is 5.69 Å². The molecule has 0 aliphatic carbocycles. The Morgan fingerprint density at radius 1 is 1.03 bits per heavy atom. The molecular formula is C23H21N3O4S. The van der Waals surface area contributed by atoms with E-state index in [0.717, 1.165) is 16.6 Å². The van der Waals surface area contributed by atoms with E-state index in [1.165, 1.54) is 12.1 Å². The summed E-state index contributed by atoms with van der Waals surface area (Å²) in [6, 6.07) is 18.7. The lowest BCUT2D eigenvalue weighted by Gasteiger charge is -2.13. The first kappa shape index (κ1) is 20.6. The summed E-state index contributed by atoms with van der Waals surface area (Å²) < 4.78 is 28.1. The van der Waals surface area contributed by atoms with Gasteiger partial charge in [-0.25, -0.2) is 18.2 Å². The highest BCUT2D eigenvalue weighted by atomic mass is 32.2. The molecule has 0 bridgehead atoms. The van der Waals surface area contributed by atoms with Gasteiger partial charge in [0.15, 0.2) is 0 Å². The number of para-hydroxylation sites is 2. The number of carboxylic acid groups (broad SMARTS) is 1. The number of imidazole rings is 1. The topological polar surface area (TPSA) is 112 Å². The third-order valence-electron chi connectivity index (χ3n) is 4.99. The third-order valence-corrected chi connectivity index (χ3v) is 6.37. The van der Waals surface area contributed by atoms with Crippen molar-refractivity contribution in [3.8, 4) is 11.4 Å². The van der Waals surface area contributed by atoms with Gasteiger partial charge in [-0.05, 0) is 60.0 Å². The van der Waals surface area contributed by atoms with Crippen molar-refractivity contribution >= 4 is 32.7 Å². The molecule has 0 saturated carbocycles. The molecule has 7 nitrogen and oxygen atoms in total. The van der Waals surface area contributed by atoms with Crippen LogP contribution in [0.25, 0.3) is 22.4 Å². The number of anilines is 1. The van der Waals surface area contributed by atoms with Gasteiger partial charge in [-0.15, -0.1) is 0 Å². The molecule has 0 fully saturated rings. The van der Waals surface area contributed by atoms with Crippen LogP contribution in [-0.4, -0.2) is 29.5 Å². The van der Waals surface area contributed by atoms with E-state index < -0.39 is 16.0 Å². The van der Waals surface area contributed by atoms with Crippen molar-refractivity contribution in [1.29, 1.82) is 0 Å². The van der Waals surface area contributed by atoms with Crippen LogP contribution in [-0.2, 0) is 10.0 Å². The molecule has 4 aromatic rings. The van der Waals surface area contributed by atoms with Crippen LogP contribution < -0.4 is 4.72 Å². The van der Waals surface area contributed by atoms with Gasteiger partial charge in [0.05, 0.1) is 21.5 Å². The summed E-state index contributed by atoms with van der Waals surface area (Å²) in [6.45, 7) is 3.72. The van der Waals surface area contributed by atoms with E-state index in [-0.39, 0.29) is 16.4 Å². The number of fused-ring (bicyclic) bond motifs is 1. The standard InChI is InChI=1S/C23H21N3O4S/c1-14(2)18-12-11-17(13-19(18)23(27)28)31(29,30)26-16-9-7-15(8-10-16)22-24-20-5-3-4-6-21(20)25-22/h3-14,26H,1-2H3,(H,24,25)(H,27,28). The van der Waals surface area contributed by atoms with Crippen LogP contribution in [0.15, 0.2) is 71.6 Å². The van der Waals surface area contributed by atoms with Crippen molar-refractivity contribution in [2.75, 3.05) is 4.72 Å². The average molecular weight is 436 g/mol. The molecule has 0 atom stereocenters. The predicted molar refractivity (Wildman–Crippen MR) is 120 cm³/mol. The number of hydrogen-bond donors (Lipinski definition) is 3. The van der Waals surface area contributed by atoms with Crippen molar-refractivity contribution in [3.05, 3.63) is 77.9 Å². The lowest BCUT2D eigenvalue weighted by Crippen LogP contribution is -2.15. The molecule has 31 heavy (non-hydrogen) atoms. The Morgan fingerprint density at radius 3 is 2.39 bits per heavy atom. The van der Waals surface area contributed by atoms with Gasteiger partial charge in [0.25, 0.3) is 10.0 Å². The van der Waals surface area contributed by atoms with E-state index in [1.807, 2.05) is 38.1 Å². The SMILES string of the molecule is CC(C)c1ccc(S(=O)(=O)Nc2ccc(-c3nc4ccccc4[nH]3)cc2)cc1C(=O)O. The number of rotatable bonds is 6. The minimum atomic E-state index is -3.95. The van der Waals surface area contributed by atoms with Gasteiger partial charge in [0, 0.05) is 11.3 Å². The highest BCUT2D eigenvalue weighted by Crippen LogP contribution is 2.26. The number of aromatic carboxylic acids is 1. The van der Waals surface area contributed by atoms with Gasteiger partial charge in [-0.1, -0.05) is 32.0 Å². The fourth-order valence-corrected chi connectivity index (χ4v) is 4.48. The van der Waals surface area contributed by atoms with Gasteiger partial charge in [0.2, 0.25) is 0 Å². The molecule has 0 unspecified atom stereocenters. The summed E-state index contributed by atoms with van der Waals surface area (Å²) in [7, 11) is -3.95. The first-order valence-electron chi connectivity index (χ1n) is 9.70. The van der Waals surface area contributed by atoms with Crippen molar-refractivity contribution in [2.24, 2.45) is 0 Å². The van der Waals surface area contributed by atoms with Crippen LogP contribution in [0.3, 0.4) is 0 Å². The first-order valence-corrected chi connectivity index (χ1v) is 11.2. The minimum absolute atomic E-state index is 0.0156. The molecule has 4 rings (SSSR count). The van der Waals surface area contributed by atoms with E-state index in [9.17, 15) is 18.3 Å². The number of carbonyl (C=O) groups is 1. The van der Waals surface area contributed by atoms with Gasteiger partial charge in [0.1, 0.15) is 5.82 Å². The molecule has 0 amide bonds. The molecule has 1 aromatic heterocycles. The first-order chi connectivity index (χ1) is 14.7. The predicted octanol–water partition coefficient (Wildman–Crippen LogP) is 4.85. The Bertz CT molecular complexity index is 1340. The zero-order chi connectivity index (χ0) is 22.2. The van der Waals surface area contributed by atoms with E-state index in [0.29, 0.717) is 17.1 Å². The number of H-pyrrole nitrogens is 1. The minimum Gasteiger partial charge on any atom is -0.478 e. The molecule has 0 spiro atoms. The number of sulfonamides is 1. The normalized spacial score (nSPS) is 11.7. The Kier molecular flexibility index (Phi) is 5.24. The molecule has 158 valence electrons. The number of hydrogen-bond acceptors (Lipinski definition) is 4. The summed E-state index contributed by atoms with van der Waals surface area (Å²) in [5, 5.41) is 9.46. The van der Waals surface area contributed by atoms with E-state index in [1.54, 1.807) is 30.3 Å². The quantitative estimate of drug-likeness (QED) is 0.401. The van der Waals surface area contributed by atoms with Crippen molar-refractivity contribution in [3.63, 3.8) is 0 Å². The highest BCUT2D eigenvalue weighted by Gasteiger charge is 2.20. The van der Waals surface area contributed by atoms with E-state index in [2.05, 4.69) is 14.7 Å². The smallest absolute Gasteiger partial charge is 0.336 e. The van der Waals surface area contributed by atoms with E-state index >= 15 is 0 Å². The summed E-state index contributed by atoms with van der Waals surface area (Å²) in [5.74, 6) is -0.511. The number of nitrogens with one attached hydrogen (secondary N) is 2. The second kappa shape index (κ2) is 7.88. The molecule has 0 aliphatic heterocycles. The second-order valence-corrected chi connectivity index (χ2v) is 9.18. The Balaban J connectivity index is 1.60. The number of carboxylic acids is 1. The van der Waals surface area contributed by atoms with Gasteiger partial charge >= 0.3 is 5.97 Å². The highest BCUT2D eigenvalue weighted by molar-refractivity contribution is 7.92. The maximum absolute atomic E-state index is 12.8. The monoisotopic (exact) mass is 435 g/mol. The van der Waals surface area contributed by atoms with E-state index in [4.69, 9.17) is 0 Å². The molecule has 8 heteroatoms. The summed E-state index contributed by atoms with van der Waals surface area (Å²) in [6.07, 6.45) is 0. The zero-order valence-electron chi connectivity index (χ0n) is 17.0. The fraction of sp³-hybridized carbons (Fsp3) is 0.130. The van der Waals surface area contributed by atoms with Crippen molar-refractivity contribution in [1.82, 2.24) is 9.97 Å². The maximum atomic E-state index is 12.8. The van der Waals surface area contributed by atoms with Gasteiger partial charge in [-0.2, -0.15) is 0 Å².